The first-order valence-corrected chi connectivity index (χ1v) is 4.39. The van der Waals surface area contributed by atoms with Gasteiger partial charge in [-0.05, 0) is 12.1 Å². The van der Waals surface area contributed by atoms with E-state index in [1.807, 2.05) is 0 Å². The van der Waals surface area contributed by atoms with E-state index in [0.29, 0.717) is 10.2 Å². The lowest BCUT2D eigenvalue weighted by Crippen LogP contribution is -1.89. The third-order valence-corrected chi connectivity index (χ3v) is 2.60. The molecule has 0 aliphatic rings. The van der Waals surface area contributed by atoms with Crippen molar-refractivity contribution < 1.29 is 9.13 Å². The topological polar surface area (TPSA) is 42.1 Å². The Balaban J connectivity index is 2.85. The minimum atomic E-state index is -0.483. The van der Waals surface area contributed by atoms with Crippen molar-refractivity contribution in [2.45, 2.75) is 0 Å². The Labute approximate surface area is 76.8 Å². The molecule has 0 spiro atoms. The van der Waals surface area contributed by atoms with E-state index in [2.05, 4.69) is 4.98 Å². The van der Waals surface area contributed by atoms with E-state index in [0.717, 1.165) is 11.3 Å². The number of benzene rings is 1. The van der Waals surface area contributed by atoms with Gasteiger partial charge in [-0.3, -0.25) is 4.79 Å². The van der Waals surface area contributed by atoms with Crippen LogP contribution in [0.1, 0.15) is 0 Å². The molecule has 3 nitrogen and oxygen atoms in total. The first-order chi connectivity index (χ1) is 6.22. The molecule has 2 rings (SSSR count). The zero-order chi connectivity index (χ0) is 9.42. The number of methoxy groups -OCH3 is 1. The fourth-order valence-corrected chi connectivity index (χ4v) is 1.89. The second-order valence-corrected chi connectivity index (χ2v) is 3.46. The molecule has 1 N–H and O–H groups in total. The second kappa shape index (κ2) is 2.85. The normalized spacial score (nSPS) is 10.6. The lowest BCUT2D eigenvalue weighted by molar-refractivity contribution is 0.389. The van der Waals surface area contributed by atoms with Gasteiger partial charge in [0, 0.05) is 0 Å². The van der Waals surface area contributed by atoms with Gasteiger partial charge in [0.1, 0.15) is 0 Å². The monoisotopic (exact) mass is 199 g/mol. The van der Waals surface area contributed by atoms with Crippen LogP contribution in [0.2, 0.25) is 0 Å². The first kappa shape index (κ1) is 8.25. The Morgan fingerprint density at radius 1 is 1.54 bits per heavy atom. The summed E-state index contributed by atoms with van der Waals surface area (Å²) < 4.78 is 18.5. The summed E-state index contributed by atoms with van der Waals surface area (Å²) in [5, 5.41) is 0. The van der Waals surface area contributed by atoms with Crippen LogP contribution in [0.5, 0.6) is 5.75 Å². The Morgan fingerprint density at radius 3 is 3.00 bits per heavy atom. The standard InChI is InChI=1S/C8H6FNO2S/c1-12-5-3-2-4-7(6(5)9)13-8(11)10-4/h2-3H,1H3,(H,10,11). The van der Waals surface area contributed by atoms with Gasteiger partial charge in [-0.1, -0.05) is 11.3 Å². The number of ether oxygens (including phenoxy) is 1. The average molecular weight is 199 g/mol. The molecule has 0 fully saturated rings. The fourth-order valence-electron chi connectivity index (χ4n) is 1.12. The third-order valence-electron chi connectivity index (χ3n) is 1.71. The number of hydrogen-bond acceptors (Lipinski definition) is 3. The van der Waals surface area contributed by atoms with Crippen molar-refractivity contribution in [3.63, 3.8) is 0 Å². The van der Waals surface area contributed by atoms with Gasteiger partial charge in [-0.15, -0.1) is 0 Å². The van der Waals surface area contributed by atoms with Gasteiger partial charge in [0.15, 0.2) is 11.6 Å². The van der Waals surface area contributed by atoms with E-state index >= 15 is 0 Å². The molecular formula is C8H6FNO2S. The predicted octanol–water partition coefficient (Wildman–Crippen LogP) is 1.74. The van der Waals surface area contributed by atoms with Crippen LogP contribution in [0.25, 0.3) is 10.2 Å². The fraction of sp³-hybridized carbons (Fsp3) is 0.125. The minimum absolute atomic E-state index is 0.155. The van der Waals surface area contributed by atoms with Crippen LogP contribution >= 0.6 is 11.3 Å². The highest BCUT2D eigenvalue weighted by molar-refractivity contribution is 7.16. The maximum atomic E-state index is 13.4. The molecule has 0 saturated heterocycles. The van der Waals surface area contributed by atoms with Crippen molar-refractivity contribution in [2.24, 2.45) is 0 Å². The molecule has 0 amide bonds. The highest BCUT2D eigenvalue weighted by Gasteiger charge is 2.10. The maximum absolute atomic E-state index is 13.4. The van der Waals surface area contributed by atoms with Gasteiger partial charge >= 0.3 is 4.87 Å². The largest absolute Gasteiger partial charge is 0.494 e. The van der Waals surface area contributed by atoms with Gasteiger partial charge in [0.2, 0.25) is 0 Å². The SMILES string of the molecule is COc1ccc2[nH]c(=O)sc2c1F. The molecule has 13 heavy (non-hydrogen) atoms. The van der Waals surface area contributed by atoms with E-state index in [9.17, 15) is 9.18 Å². The van der Waals surface area contributed by atoms with Crippen LogP contribution in [0.15, 0.2) is 16.9 Å². The number of aromatic nitrogens is 1. The predicted molar refractivity (Wildman–Crippen MR) is 49.0 cm³/mol. The quantitative estimate of drug-likeness (QED) is 0.760. The van der Waals surface area contributed by atoms with E-state index in [1.54, 1.807) is 6.07 Å². The van der Waals surface area contributed by atoms with E-state index in [-0.39, 0.29) is 10.6 Å². The first-order valence-electron chi connectivity index (χ1n) is 3.57. The molecule has 5 heteroatoms. The van der Waals surface area contributed by atoms with Crippen LogP contribution in [-0.2, 0) is 0 Å². The van der Waals surface area contributed by atoms with Crippen molar-refractivity contribution in [1.29, 1.82) is 0 Å². The van der Waals surface area contributed by atoms with Crippen molar-refractivity contribution in [1.82, 2.24) is 4.98 Å². The van der Waals surface area contributed by atoms with Gasteiger partial charge in [-0.2, -0.15) is 0 Å². The van der Waals surface area contributed by atoms with Crippen molar-refractivity contribution in [2.75, 3.05) is 7.11 Å². The van der Waals surface area contributed by atoms with Crippen LogP contribution in [-0.4, -0.2) is 12.1 Å². The smallest absolute Gasteiger partial charge is 0.305 e. The molecule has 1 heterocycles. The van der Waals surface area contributed by atoms with Crippen LogP contribution in [0, 0.1) is 5.82 Å². The molecule has 1 aromatic carbocycles. The molecule has 0 saturated carbocycles. The molecule has 0 atom stereocenters. The highest BCUT2D eigenvalue weighted by atomic mass is 32.1. The maximum Gasteiger partial charge on any atom is 0.305 e. The number of H-pyrrole nitrogens is 1. The zero-order valence-corrected chi connectivity index (χ0v) is 7.57. The second-order valence-electron chi connectivity index (χ2n) is 2.47. The summed E-state index contributed by atoms with van der Waals surface area (Å²) in [6.45, 7) is 0. The summed E-state index contributed by atoms with van der Waals surface area (Å²) in [4.78, 5) is 13.2. The third kappa shape index (κ3) is 1.21. The van der Waals surface area contributed by atoms with Crippen molar-refractivity contribution in [3.05, 3.63) is 27.6 Å². The van der Waals surface area contributed by atoms with Gasteiger partial charge in [-0.25, -0.2) is 4.39 Å². The number of fused-ring (bicyclic) bond motifs is 1. The number of hydrogen-bond donors (Lipinski definition) is 1. The van der Waals surface area contributed by atoms with Crippen LogP contribution in [0.4, 0.5) is 4.39 Å². The summed E-state index contributed by atoms with van der Waals surface area (Å²) >= 11 is 0.842. The molecule has 0 aliphatic carbocycles. The number of thiazole rings is 1. The molecular weight excluding hydrogens is 193 g/mol. The molecule has 0 unspecified atom stereocenters. The summed E-state index contributed by atoms with van der Waals surface area (Å²) in [7, 11) is 1.39. The zero-order valence-electron chi connectivity index (χ0n) is 6.76. The Bertz CT molecular complexity index is 502. The van der Waals surface area contributed by atoms with E-state index < -0.39 is 5.82 Å². The Hall–Kier alpha value is -1.36. The van der Waals surface area contributed by atoms with Crippen LogP contribution < -0.4 is 9.61 Å². The number of rotatable bonds is 1. The number of halogens is 1. The van der Waals surface area contributed by atoms with Gasteiger partial charge < -0.3 is 9.72 Å². The minimum Gasteiger partial charge on any atom is -0.494 e. The van der Waals surface area contributed by atoms with Crippen LogP contribution in [0.3, 0.4) is 0 Å². The van der Waals surface area contributed by atoms with E-state index in [1.165, 1.54) is 13.2 Å². The number of aromatic amines is 1. The Morgan fingerprint density at radius 2 is 2.31 bits per heavy atom. The molecule has 1 aromatic heterocycles. The summed E-state index contributed by atoms with van der Waals surface area (Å²) in [6.07, 6.45) is 0. The Kier molecular flexibility index (Phi) is 1.81. The average Bonchev–Trinajstić information content (AvgIpc) is 2.47. The highest BCUT2D eigenvalue weighted by Crippen LogP contribution is 2.26. The van der Waals surface area contributed by atoms with E-state index in [4.69, 9.17) is 4.74 Å². The summed E-state index contributed by atoms with van der Waals surface area (Å²) in [5.74, 6) is -0.328. The van der Waals surface area contributed by atoms with Crippen molar-refractivity contribution in [3.8, 4) is 5.75 Å². The molecule has 0 aliphatic heterocycles. The molecule has 0 radical (unpaired) electrons. The van der Waals surface area contributed by atoms with Gasteiger partial charge in [0.25, 0.3) is 0 Å². The molecule has 2 aromatic rings. The molecule has 68 valence electrons. The number of nitrogens with one attached hydrogen (secondary N) is 1. The van der Waals surface area contributed by atoms with Gasteiger partial charge in [0.05, 0.1) is 17.3 Å². The summed E-state index contributed by atoms with van der Waals surface area (Å²) in [6, 6.07) is 3.11. The molecule has 0 bridgehead atoms. The lowest BCUT2D eigenvalue weighted by atomic mass is 10.3. The lowest BCUT2D eigenvalue weighted by Gasteiger charge is -2.00. The summed E-state index contributed by atoms with van der Waals surface area (Å²) in [5.41, 5.74) is 0.508. The van der Waals surface area contributed by atoms with Crippen molar-refractivity contribution >= 4 is 21.6 Å².